The zero-order valence-electron chi connectivity index (χ0n) is 12.8. The summed E-state index contributed by atoms with van der Waals surface area (Å²) in [7, 11) is -3.65. The molecule has 0 aromatic heterocycles. The first kappa shape index (κ1) is 16.3. The average molecular weight is 311 g/mol. The highest BCUT2D eigenvalue weighted by molar-refractivity contribution is 7.89. The minimum Gasteiger partial charge on any atom is -0.382 e. The molecule has 1 aliphatic heterocycles. The Labute approximate surface area is 127 Å². The predicted molar refractivity (Wildman–Crippen MR) is 85.9 cm³/mol. The highest BCUT2D eigenvalue weighted by Crippen LogP contribution is 2.23. The van der Waals surface area contributed by atoms with Crippen molar-refractivity contribution in [3.8, 4) is 0 Å². The van der Waals surface area contributed by atoms with E-state index in [0.717, 1.165) is 43.7 Å². The van der Waals surface area contributed by atoms with Gasteiger partial charge in [0.25, 0.3) is 0 Å². The van der Waals surface area contributed by atoms with E-state index in [4.69, 9.17) is 5.14 Å². The summed E-state index contributed by atoms with van der Waals surface area (Å²) in [5.41, 5.74) is 1.91. The maximum Gasteiger partial charge on any atom is 0.238 e. The molecule has 0 aliphatic carbocycles. The van der Waals surface area contributed by atoms with Gasteiger partial charge in [0.05, 0.1) is 4.90 Å². The molecule has 0 saturated carbocycles. The summed E-state index contributed by atoms with van der Waals surface area (Å²) < 4.78 is 22.9. The van der Waals surface area contributed by atoms with E-state index >= 15 is 0 Å². The van der Waals surface area contributed by atoms with Gasteiger partial charge in [0.15, 0.2) is 0 Å². The average Bonchev–Trinajstić information content (AvgIpc) is 2.42. The molecule has 0 amide bonds. The third-order valence-corrected chi connectivity index (χ3v) is 4.94. The standard InChI is InChI=1S/C15H25N3O2S/c1-3-8-18-9-6-13(7-10-18)17-15-11-14(21(16,19)20)5-4-12(15)2/h4-5,11,13,17H,3,6-10H2,1-2H3,(H2,16,19,20). The molecule has 1 heterocycles. The van der Waals surface area contributed by atoms with Gasteiger partial charge < -0.3 is 10.2 Å². The summed E-state index contributed by atoms with van der Waals surface area (Å²) in [6.07, 6.45) is 3.35. The summed E-state index contributed by atoms with van der Waals surface area (Å²) in [4.78, 5) is 2.64. The molecule has 2 rings (SSSR count). The van der Waals surface area contributed by atoms with Crippen molar-refractivity contribution in [1.82, 2.24) is 4.90 Å². The number of rotatable bonds is 5. The number of aryl methyl sites for hydroxylation is 1. The van der Waals surface area contributed by atoms with E-state index in [1.165, 1.54) is 6.42 Å². The third-order valence-electron chi connectivity index (χ3n) is 4.02. The molecular formula is C15H25N3O2S. The van der Waals surface area contributed by atoms with Crippen LogP contribution in [-0.2, 0) is 10.0 Å². The van der Waals surface area contributed by atoms with Crippen LogP contribution in [0.15, 0.2) is 23.1 Å². The molecule has 1 saturated heterocycles. The number of hydrogen-bond donors (Lipinski definition) is 2. The third kappa shape index (κ3) is 4.43. The topological polar surface area (TPSA) is 75.4 Å². The number of hydrogen-bond acceptors (Lipinski definition) is 4. The van der Waals surface area contributed by atoms with Crippen LogP contribution in [0.3, 0.4) is 0 Å². The van der Waals surface area contributed by atoms with E-state index in [1.54, 1.807) is 18.2 Å². The van der Waals surface area contributed by atoms with Crippen molar-refractivity contribution in [2.45, 2.75) is 44.0 Å². The molecule has 0 bridgehead atoms. The number of likely N-dealkylation sites (tertiary alicyclic amines) is 1. The fourth-order valence-corrected chi connectivity index (χ4v) is 3.31. The summed E-state index contributed by atoms with van der Waals surface area (Å²) in [6.45, 7) is 7.53. The first-order valence-corrected chi connectivity index (χ1v) is 9.07. The molecule has 5 nitrogen and oxygen atoms in total. The molecule has 21 heavy (non-hydrogen) atoms. The van der Waals surface area contributed by atoms with Crippen molar-refractivity contribution in [3.63, 3.8) is 0 Å². The van der Waals surface area contributed by atoms with Crippen molar-refractivity contribution in [2.75, 3.05) is 25.0 Å². The Hall–Kier alpha value is -1.11. The van der Waals surface area contributed by atoms with Crippen molar-refractivity contribution in [2.24, 2.45) is 5.14 Å². The Balaban J connectivity index is 2.03. The van der Waals surface area contributed by atoms with Crippen LogP contribution in [0.25, 0.3) is 0 Å². The number of primary sulfonamides is 1. The van der Waals surface area contributed by atoms with Gasteiger partial charge in [0.1, 0.15) is 0 Å². The second-order valence-electron chi connectivity index (χ2n) is 5.78. The van der Waals surface area contributed by atoms with Crippen LogP contribution >= 0.6 is 0 Å². The summed E-state index contributed by atoms with van der Waals surface area (Å²) >= 11 is 0. The lowest BCUT2D eigenvalue weighted by Gasteiger charge is -2.33. The molecule has 1 aromatic rings. The Kier molecular flexibility index (Phi) is 5.24. The van der Waals surface area contributed by atoms with Crippen LogP contribution < -0.4 is 10.5 Å². The van der Waals surface area contributed by atoms with Crippen LogP contribution in [0.2, 0.25) is 0 Å². The van der Waals surface area contributed by atoms with Crippen LogP contribution in [-0.4, -0.2) is 39.0 Å². The number of anilines is 1. The number of piperidine rings is 1. The van der Waals surface area contributed by atoms with E-state index in [0.29, 0.717) is 6.04 Å². The van der Waals surface area contributed by atoms with Gasteiger partial charge in [-0.15, -0.1) is 0 Å². The van der Waals surface area contributed by atoms with Crippen LogP contribution in [0.4, 0.5) is 5.69 Å². The van der Waals surface area contributed by atoms with Crippen LogP contribution in [0, 0.1) is 6.92 Å². The van der Waals surface area contributed by atoms with Gasteiger partial charge in [0, 0.05) is 24.8 Å². The summed E-state index contributed by atoms with van der Waals surface area (Å²) in [6, 6.07) is 5.39. The minimum atomic E-state index is -3.65. The van der Waals surface area contributed by atoms with E-state index in [2.05, 4.69) is 17.1 Å². The van der Waals surface area contributed by atoms with Gasteiger partial charge in [-0.3, -0.25) is 0 Å². The lowest BCUT2D eigenvalue weighted by atomic mass is 10.0. The molecule has 118 valence electrons. The Morgan fingerprint density at radius 2 is 2.00 bits per heavy atom. The molecule has 0 unspecified atom stereocenters. The van der Waals surface area contributed by atoms with E-state index in [-0.39, 0.29) is 4.90 Å². The second-order valence-corrected chi connectivity index (χ2v) is 7.34. The molecule has 0 radical (unpaired) electrons. The maximum absolute atomic E-state index is 11.4. The number of nitrogens with one attached hydrogen (secondary N) is 1. The number of sulfonamides is 1. The van der Waals surface area contributed by atoms with Gasteiger partial charge in [0.2, 0.25) is 10.0 Å². The predicted octanol–water partition coefficient (Wildman–Crippen LogP) is 1.93. The monoisotopic (exact) mass is 311 g/mol. The number of nitrogens with two attached hydrogens (primary N) is 1. The second kappa shape index (κ2) is 6.77. The van der Waals surface area contributed by atoms with Gasteiger partial charge in [-0.05, 0) is 50.4 Å². The SMILES string of the molecule is CCCN1CCC(Nc2cc(S(N)(=O)=O)ccc2C)CC1. The quantitative estimate of drug-likeness (QED) is 0.871. The fourth-order valence-electron chi connectivity index (χ4n) is 2.77. The molecule has 6 heteroatoms. The smallest absolute Gasteiger partial charge is 0.238 e. The van der Waals surface area contributed by atoms with Gasteiger partial charge >= 0.3 is 0 Å². The van der Waals surface area contributed by atoms with Gasteiger partial charge in [-0.1, -0.05) is 13.0 Å². The first-order chi connectivity index (χ1) is 9.90. The van der Waals surface area contributed by atoms with E-state index in [9.17, 15) is 8.42 Å². The van der Waals surface area contributed by atoms with Crippen LogP contribution in [0.5, 0.6) is 0 Å². The Morgan fingerprint density at radius 1 is 1.33 bits per heavy atom. The Morgan fingerprint density at radius 3 is 2.57 bits per heavy atom. The molecule has 1 aliphatic rings. The van der Waals surface area contributed by atoms with E-state index in [1.807, 2.05) is 6.92 Å². The lowest BCUT2D eigenvalue weighted by Crippen LogP contribution is -2.39. The van der Waals surface area contributed by atoms with Gasteiger partial charge in [-0.25, -0.2) is 13.6 Å². The van der Waals surface area contributed by atoms with E-state index < -0.39 is 10.0 Å². The highest BCUT2D eigenvalue weighted by atomic mass is 32.2. The Bertz CT molecular complexity index is 579. The fraction of sp³-hybridized carbons (Fsp3) is 0.600. The zero-order chi connectivity index (χ0) is 15.5. The minimum absolute atomic E-state index is 0.166. The number of nitrogens with zero attached hydrogens (tertiary/aromatic N) is 1. The van der Waals surface area contributed by atoms with Crippen molar-refractivity contribution in [3.05, 3.63) is 23.8 Å². The van der Waals surface area contributed by atoms with Crippen molar-refractivity contribution in [1.29, 1.82) is 0 Å². The van der Waals surface area contributed by atoms with Crippen LogP contribution in [0.1, 0.15) is 31.7 Å². The maximum atomic E-state index is 11.4. The summed E-state index contributed by atoms with van der Waals surface area (Å²) in [5.74, 6) is 0. The molecule has 0 spiro atoms. The zero-order valence-corrected chi connectivity index (χ0v) is 13.6. The number of benzene rings is 1. The molecular weight excluding hydrogens is 286 g/mol. The van der Waals surface area contributed by atoms with Gasteiger partial charge in [-0.2, -0.15) is 0 Å². The summed E-state index contributed by atoms with van der Waals surface area (Å²) in [5, 5.41) is 8.68. The van der Waals surface area contributed by atoms with Crippen molar-refractivity contribution < 1.29 is 8.42 Å². The molecule has 1 aromatic carbocycles. The highest BCUT2D eigenvalue weighted by Gasteiger charge is 2.19. The molecule has 0 atom stereocenters. The normalized spacial score (nSPS) is 17.9. The lowest BCUT2D eigenvalue weighted by molar-refractivity contribution is 0.219. The van der Waals surface area contributed by atoms with Crippen molar-refractivity contribution >= 4 is 15.7 Å². The largest absolute Gasteiger partial charge is 0.382 e. The molecule has 3 N–H and O–H groups in total. The first-order valence-electron chi connectivity index (χ1n) is 7.52. The molecule has 1 fully saturated rings.